The first-order valence-corrected chi connectivity index (χ1v) is 12.5. The quantitative estimate of drug-likeness (QED) is 0.663. The van der Waals surface area contributed by atoms with Gasteiger partial charge in [-0.05, 0) is 74.2 Å². The summed E-state index contributed by atoms with van der Waals surface area (Å²) in [6, 6.07) is 7.83. The average Bonchev–Trinajstić information content (AvgIpc) is 2.73. The number of halogens is 4. The molecular weight excluding hydrogens is 481 g/mol. The summed E-state index contributed by atoms with van der Waals surface area (Å²) in [7, 11) is -4.12. The van der Waals surface area contributed by atoms with Crippen molar-refractivity contribution in [2.75, 3.05) is 26.2 Å². The lowest BCUT2D eigenvalue weighted by Crippen LogP contribution is -2.44. The van der Waals surface area contributed by atoms with Crippen molar-refractivity contribution in [3.63, 3.8) is 0 Å². The maximum atomic E-state index is 13.1. The predicted molar refractivity (Wildman–Crippen MR) is 117 cm³/mol. The van der Waals surface area contributed by atoms with Gasteiger partial charge in [-0.1, -0.05) is 11.6 Å². The van der Waals surface area contributed by atoms with E-state index in [1.54, 1.807) is 18.2 Å². The number of sulfonamides is 1. The van der Waals surface area contributed by atoms with Crippen molar-refractivity contribution in [1.29, 1.82) is 0 Å². The van der Waals surface area contributed by atoms with Gasteiger partial charge in [0, 0.05) is 17.6 Å². The SMILES string of the molecule is NS(=O)(=O)c1ccc(C(F)(F)F)cc1CC1CCN(CC2COc3ccc(Cl)cc3O2)CC1. The van der Waals surface area contributed by atoms with Crippen LogP contribution in [0.3, 0.4) is 0 Å². The lowest BCUT2D eigenvalue weighted by molar-refractivity contribution is -0.137. The van der Waals surface area contributed by atoms with E-state index in [2.05, 4.69) is 4.90 Å². The van der Waals surface area contributed by atoms with Crippen LogP contribution in [-0.4, -0.2) is 45.7 Å². The number of hydrogen-bond donors (Lipinski definition) is 1. The van der Waals surface area contributed by atoms with E-state index >= 15 is 0 Å². The summed E-state index contributed by atoms with van der Waals surface area (Å²) in [5.74, 6) is 1.31. The second kappa shape index (κ2) is 9.32. The van der Waals surface area contributed by atoms with Crippen LogP contribution in [0.4, 0.5) is 13.2 Å². The van der Waals surface area contributed by atoms with Gasteiger partial charge < -0.3 is 9.47 Å². The third-order valence-electron chi connectivity index (χ3n) is 6.00. The molecule has 0 aliphatic carbocycles. The van der Waals surface area contributed by atoms with Gasteiger partial charge in [-0.15, -0.1) is 0 Å². The maximum absolute atomic E-state index is 13.1. The smallest absolute Gasteiger partial charge is 0.416 e. The molecule has 2 aliphatic heterocycles. The Bertz CT molecular complexity index is 1120. The van der Waals surface area contributed by atoms with Gasteiger partial charge in [0.15, 0.2) is 11.5 Å². The van der Waals surface area contributed by atoms with E-state index in [4.69, 9.17) is 26.2 Å². The molecule has 0 saturated carbocycles. The molecule has 2 aromatic carbocycles. The minimum absolute atomic E-state index is 0.0493. The largest absolute Gasteiger partial charge is 0.486 e. The Kier molecular flexibility index (Phi) is 6.82. The number of fused-ring (bicyclic) bond motifs is 1. The van der Waals surface area contributed by atoms with Crippen LogP contribution >= 0.6 is 11.6 Å². The van der Waals surface area contributed by atoms with E-state index in [9.17, 15) is 21.6 Å². The van der Waals surface area contributed by atoms with Crippen molar-refractivity contribution < 1.29 is 31.1 Å². The Labute approximate surface area is 195 Å². The number of alkyl halides is 3. The summed E-state index contributed by atoms with van der Waals surface area (Å²) in [6.45, 7) is 2.49. The van der Waals surface area contributed by atoms with Crippen molar-refractivity contribution in [1.82, 2.24) is 4.90 Å². The van der Waals surface area contributed by atoms with Crippen LogP contribution in [0.5, 0.6) is 11.5 Å². The third-order valence-corrected chi connectivity index (χ3v) is 7.24. The van der Waals surface area contributed by atoms with Crippen LogP contribution in [0.15, 0.2) is 41.3 Å². The Hall–Kier alpha value is -2.01. The standard InChI is InChI=1S/C22H24ClF3N2O4S/c23-17-2-3-19-20(11-17)32-18(13-31-19)12-28-7-5-14(6-8-28)9-15-10-16(22(24,25)26)1-4-21(15)33(27,29)30/h1-4,10-11,14,18H,5-9,12-13H2,(H2,27,29,30). The maximum Gasteiger partial charge on any atom is 0.416 e. The number of likely N-dealkylation sites (tertiary alicyclic amines) is 1. The fourth-order valence-corrected chi connectivity index (χ4v) is 5.27. The summed E-state index contributed by atoms with van der Waals surface area (Å²) in [4.78, 5) is 1.97. The Morgan fingerprint density at radius 1 is 1.09 bits per heavy atom. The van der Waals surface area contributed by atoms with Crippen LogP contribution in [0.25, 0.3) is 0 Å². The number of rotatable bonds is 5. The number of hydrogen-bond acceptors (Lipinski definition) is 5. The predicted octanol–water partition coefficient (Wildman–Crippen LogP) is 4.10. The molecule has 180 valence electrons. The lowest BCUT2D eigenvalue weighted by Gasteiger charge is -2.36. The summed E-state index contributed by atoms with van der Waals surface area (Å²) >= 11 is 6.02. The fourth-order valence-electron chi connectivity index (χ4n) is 4.34. The highest BCUT2D eigenvalue weighted by molar-refractivity contribution is 7.89. The number of benzene rings is 2. The van der Waals surface area contributed by atoms with E-state index in [0.717, 1.165) is 44.1 Å². The van der Waals surface area contributed by atoms with Gasteiger partial charge in [-0.2, -0.15) is 13.2 Å². The molecule has 2 heterocycles. The molecule has 1 fully saturated rings. The molecule has 0 radical (unpaired) electrons. The number of piperidine rings is 1. The Balaban J connectivity index is 1.37. The number of nitrogens with two attached hydrogens (primary N) is 1. The molecule has 1 unspecified atom stereocenters. The molecule has 0 spiro atoms. The molecule has 0 amide bonds. The second-order valence-electron chi connectivity index (χ2n) is 8.46. The highest BCUT2D eigenvalue weighted by atomic mass is 35.5. The summed E-state index contributed by atoms with van der Waals surface area (Å²) in [6.07, 6.45) is -3.06. The van der Waals surface area contributed by atoms with Gasteiger partial charge in [-0.3, -0.25) is 4.90 Å². The van der Waals surface area contributed by atoms with Crippen LogP contribution < -0.4 is 14.6 Å². The Morgan fingerprint density at radius 2 is 1.82 bits per heavy atom. The molecule has 2 N–H and O–H groups in total. The normalized spacial score (nSPS) is 20.1. The van der Waals surface area contributed by atoms with Gasteiger partial charge in [0.2, 0.25) is 10.0 Å². The molecular formula is C22H24ClF3N2O4S. The van der Waals surface area contributed by atoms with E-state index < -0.39 is 21.8 Å². The molecule has 33 heavy (non-hydrogen) atoms. The zero-order chi connectivity index (χ0) is 23.8. The van der Waals surface area contributed by atoms with E-state index in [1.165, 1.54) is 0 Å². The minimum atomic E-state index is -4.56. The molecule has 1 atom stereocenters. The average molecular weight is 505 g/mol. The van der Waals surface area contributed by atoms with Crippen molar-refractivity contribution in [3.8, 4) is 11.5 Å². The first kappa shape index (κ1) is 24.1. The van der Waals surface area contributed by atoms with Gasteiger partial charge in [0.25, 0.3) is 0 Å². The summed E-state index contributed by atoms with van der Waals surface area (Å²) in [5, 5.41) is 5.80. The van der Waals surface area contributed by atoms with Gasteiger partial charge >= 0.3 is 6.18 Å². The van der Waals surface area contributed by atoms with Gasteiger partial charge in [-0.25, -0.2) is 13.6 Å². The number of nitrogens with zero attached hydrogens (tertiary/aromatic N) is 1. The number of primary sulfonamides is 1. The lowest BCUT2D eigenvalue weighted by atomic mass is 9.89. The van der Waals surface area contributed by atoms with Crippen molar-refractivity contribution in [3.05, 3.63) is 52.5 Å². The molecule has 2 aromatic rings. The summed E-state index contributed by atoms with van der Waals surface area (Å²) < 4.78 is 75.0. The third kappa shape index (κ3) is 5.92. The Morgan fingerprint density at radius 3 is 2.48 bits per heavy atom. The zero-order valence-corrected chi connectivity index (χ0v) is 19.2. The van der Waals surface area contributed by atoms with Crippen molar-refractivity contribution in [2.45, 2.75) is 36.4 Å². The van der Waals surface area contributed by atoms with Gasteiger partial charge in [0.1, 0.15) is 12.7 Å². The van der Waals surface area contributed by atoms with E-state index in [1.807, 2.05) is 0 Å². The first-order chi connectivity index (χ1) is 15.5. The fraction of sp³-hybridized carbons (Fsp3) is 0.455. The molecule has 0 aromatic heterocycles. The van der Waals surface area contributed by atoms with Crippen molar-refractivity contribution >= 4 is 21.6 Å². The van der Waals surface area contributed by atoms with E-state index in [0.29, 0.717) is 29.7 Å². The van der Waals surface area contributed by atoms with Crippen LogP contribution in [-0.2, 0) is 22.6 Å². The summed E-state index contributed by atoms with van der Waals surface area (Å²) in [5.41, 5.74) is -0.763. The molecule has 6 nitrogen and oxygen atoms in total. The molecule has 2 aliphatic rings. The zero-order valence-electron chi connectivity index (χ0n) is 17.6. The van der Waals surface area contributed by atoms with Crippen LogP contribution in [0.1, 0.15) is 24.0 Å². The number of ether oxygens (including phenoxy) is 2. The highest BCUT2D eigenvalue weighted by Gasteiger charge is 2.33. The topological polar surface area (TPSA) is 81.9 Å². The van der Waals surface area contributed by atoms with Gasteiger partial charge in [0.05, 0.1) is 10.5 Å². The molecule has 1 saturated heterocycles. The van der Waals surface area contributed by atoms with E-state index in [-0.39, 0.29) is 28.9 Å². The minimum Gasteiger partial charge on any atom is -0.486 e. The van der Waals surface area contributed by atoms with Crippen molar-refractivity contribution in [2.24, 2.45) is 11.1 Å². The highest BCUT2D eigenvalue weighted by Crippen LogP contribution is 2.35. The van der Waals surface area contributed by atoms with Crippen LogP contribution in [0.2, 0.25) is 5.02 Å². The monoisotopic (exact) mass is 504 g/mol. The van der Waals surface area contributed by atoms with Crippen LogP contribution in [0, 0.1) is 5.92 Å². The molecule has 0 bridgehead atoms. The first-order valence-electron chi connectivity index (χ1n) is 10.5. The molecule has 4 rings (SSSR count). The second-order valence-corrected chi connectivity index (χ2v) is 10.4. The molecule has 11 heteroatoms.